The molecule has 0 aliphatic carbocycles. The van der Waals surface area contributed by atoms with Crippen LogP contribution in [-0.2, 0) is 22.4 Å². The minimum Gasteiger partial charge on any atom is -0.469 e. The van der Waals surface area contributed by atoms with Crippen molar-refractivity contribution in [1.82, 2.24) is 0 Å². The minimum atomic E-state index is -0.264. The number of ether oxygens (including phenoxy) is 1. The lowest BCUT2D eigenvalue weighted by Crippen LogP contribution is -2.04. The second-order valence-corrected chi connectivity index (χ2v) is 2.93. The van der Waals surface area contributed by atoms with Gasteiger partial charge in [-0.25, -0.2) is 0 Å². The van der Waals surface area contributed by atoms with Crippen LogP contribution >= 0.6 is 0 Å². The third-order valence-corrected chi connectivity index (χ3v) is 1.95. The molecule has 0 spiro atoms. The van der Waals surface area contributed by atoms with Gasteiger partial charge in [0.15, 0.2) is 0 Å². The predicted molar refractivity (Wildman–Crippen MR) is 48.5 cm³/mol. The van der Waals surface area contributed by atoms with Crippen LogP contribution in [0.3, 0.4) is 0 Å². The maximum absolute atomic E-state index is 10.9. The Kier molecular flexibility index (Phi) is 3.12. The molecule has 0 aliphatic rings. The first-order chi connectivity index (χ1) is 6.17. The fraction of sp³-hybridized carbons (Fsp3) is 0.500. The maximum atomic E-state index is 10.9. The van der Waals surface area contributed by atoms with Crippen LogP contribution in [0.4, 0.5) is 0 Å². The highest BCUT2D eigenvalue weighted by atomic mass is 16.5. The first-order valence-electron chi connectivity index (χ1n) is 4.32. The molecule has 0 unspecified atom stereocenters. The molecule has 0 fully saturated rings. The van der Waals surface area contributed by atoms with Crippen LogP contribution in [-0.4, -0.2) is 13.1 Å². The number of hydrogen-bond donors (Lipinski definition) is 0. The van der Waals surface area contributed by atoms with Gasteiger partial charge in [0.1, 0.15) is 17.9 Å². The zero-order valence-corrected chi connectivity index (χ0v) is 8.22. The molecule has 1 aromatic heterocycles. The summed E-state index contributed by atoms with van der Waals surface area (Å²) in [7, 11) is 1.38. The summed E-state index contributed by atoms with van der Waals surface area (Å²) in [5.41, 5.74) is 1.02. The summed E-state index contributed by atoms with van der Waals surface area (Å²) in [5.74, 6) is 1.36. The van der Waals surface area contributed by atoms with Crippen LogP contribution in [0.5, 0.6) is 0 Å². The second-order valence-electron chi connectivity index (χ2n) is 2.93. The van der Waals surface area contributed by atoms with E-state index in [4.69, 9.17) is 4.42 Å². The number of methoxy groups -OCH3 is 1. The van der Waals surface area contributed by atoms with Crippen LogP contribution in [0.15, 0.2) is 10.5 Å². The van der Waals surface area contributed by atoms with Gasteiger partial charge in [-0.2, -0.15) is 0 Å². The molecule has 0 aromatic carbocycles. The number of furan rings is 1. The van der Waals surface area contributed by atoms with Crippen molar-refractivity contribution < 1.29 is 13.9 Å². The van der Waals surface area contributed by atoms with E-state index in [2.05, 4.69) is 4.74 Å². The Morgan fingerprint density at radius 3 is 2.77 bits per heavy atom. The monoisotopic (exact) mass is 182 g/mol. The summed E-state index contributed by atoms with van der Waals surface area (Å²) < 4.78 is 9.99. The normalized spacial score (nSPS) is 10.1. The minimum absolute atomic E-state index is 0.225. The van der Waals surface area contributed by atoms with E-state index < -0.39 is 0 Å². The molecule has 0 bridgehead atoms. The van der Waals surface area contributed by atoms with E-state index in [0.29, 0.717) is 5.76 Å². The van der Waals surface area contributed by atoms with Crippen LogP contribution in [0, 0.1) is 6.92 Å². The van der Waals surface area contributed by atoms with Gasteiger partial charge in [0.25, 0.3) is 0 Å². The molecule has 0 N–H and O–H groups in total. The van der Waals surface area contributed by atoms with Crippen LogP contribution in [0.1, 0.15) is 24.0 Å². The van der Waals surface area contributed by atoms with Crippen molar-refractivity contribution >= 4 is 5.97 Å². The summed E-state index contributed by atoms with van der Waals surface area (Å²) in [5, 5.41) is 0. The third-order valence-electron chi connectivity index (χ3n) is 1.95. The molecule has 1 rings (SSSR count). The Bertz CT molecular complexity index is 299. The molecule has 72 valence electrons. The molecule has 0 saturated carbocycles. The van der Waals surface area contributed by atoms with Gasteiger partial charge < -0.3 is 9.15 Å². The van der Waals surface area contributed by atoms with Crippen molar-refractivity contribution in [3.63, 3.8) is 0 Å². The number of rotatable bonds is 3. The fourth-order valence-corrected chi connectivity index (χ4v) is 1.14. The molecule has 3 heteroatoms. The SMILES string of the molecule is CCc1cc(C)c(CC(=O)OC)o1. The molecule has 1 heterocycles. The van der Waals surface area contributed by atoms with Gasteiger partial charge in [-0.3, -0.25) is 4.79 Å². The second kappa shape index (κ2) is 4.12. The van der Waals surface area contributed by atoms with Crippen molar-refractivity contribution in [3.8, 4) is 0 Å². The Hall–Kier alpha value is -1.25. The number of aryl methyl sites for hydroxylation is 2. The smallest absolute Gasteiger partial charge is 0.313 e. The third kappa shape index (κ3) is 2.34. The summed E-state index contributed by atoms with van der Waals surface area (Å²) in [6, 6.07) is 1.96. The Morgan fingerprint density at radius 1 is 1.62 bits per heavy atom. The zero-order chi connectivity index (χ0) is 9.84. The van der Waals surface area contributed by atoms with E-state index in [9.17, 15) is 4.79 Å². The molecule has 0 radical (unpaired) electrons. The highest BCUT2D eigenvalue weighted by Crippen LogP contribution is 2.15. The lowest BCUT2D eigenvalue weighted by atomic mass is 10.2. The van der Waals surface area contributed by atoms with Crippen molar-refractivity contribution in [1.29, 1.82) is 0 Å². The number of hydrogen-bond acceptors (Lipinski definition) is 3. The average molecular weight is 182 g/mol. The molecule has 13 heavy (non-hydrogen) atoms. The number of carbonyl (C=O) groups excluding carboxylic acids is 1. The predicted octanol–water partition coefficient (Wildman–Crippen LogP) is 1.87. The highest BCUT2D eigenvalue weighted by molar-refractivity contribution is 5.72. The largest absolute Gasteiger partial charge is 0.469 e. The van der Waals surface area contributed by atoms with Crippen LogP contribution in [0.25, 0.3) is 0 Å². The van der Waals surface area contributed by atoms with Gasteiger partial charge in [0.05, 0.1) is 7.11 Å². The van der Waals surface area contributed by atoms with Gasteiger partial charge in [-0.05, 0) is 18.6 Å². The van der Waals surface area contributed by atoms with E-state index in [1.165, 1.54) is 7.11 Å². The zero-order valence-electron chi connectivity index (χ0n) is 8.22. The molecule has 0 saturated heterocycles. The fourth-order valence-electron chi connectivity index (χ4n) is 1.14. The summed E-state index contributed by atoms with van der Waals surface area (Å²) in [6.07, 6.45) is 1.07. The first-order valence-corrected chi connectivity index (χ1v) is 4.32. The number of esters is 1. The van der Waals surface area contributed by atoms with E-state index in [1.54, 1.807) is 0 Å². The van der Waals surface area contributed by atoms with E-state index in [1.807, 2.05) is 19.9 Å². The van der Waals surface area contributed by atoms with Gasteiger partial charge in [0, 0.05) is 6.42 Å². The van der Waals surface area contributed by atoms with E-state index >= 15 is 0 Å². The molecule has 0 aliphatic heterocycles. The standard InChI is InChI=1S/C10H14O3/c1-4-8-5-7(2)9(13-8)6-10(11)12-3/h5H,4,6H2,1-3H3. The van der Waals surface area contributed by atoms with E-state index in [-0.39, 0.29) is 12.4 Å². The summed E-state index contributed by atoms with van der Waals surface area (Å²) in [4.78, 5) is 10.9. The highest BCUT2D eigenvalue weighted by Gasteiger charge is 2.10. The van der Waals surface area contributed by atoms with Crippen molar-refractivity contribution in [2.24, 2.45) is 0 Å². The van der Waals surface area contributed by atoms with Gasteiger partial charge in [-0.15, -0.1) is 0 Å². The van der Waals surface area contributed by atoms with Gasteiger partial charge >= 0.3 is 5.97 Å². The Morgan fingerprint density at radius 2 is 2.31 bits per heavy atom. The molecular weight excluding hydrogens is 168 g/mol. The lowest BCUT2D eigenvalue weighted by molar-refractivity contribution is -0.140. The quantitative estimate of drug-likeness (QED) is 0.670. The molecule has 0 atom stereocenters. The lowest BCUT2D eigenvalue weighted by Gasteiger charge is -1.96. The van der Waals surface area contributed by atoms with Crippen LogP contribution in [0.2, 0.25) is 0 Å². The molecule has 1 aromatic rings. The Labute approximate surface area is 77.7 Å². The topological polar surface area (TPSA) is 39.4 Å². The summed E-state index contributed by atoms with van der Waals surface area (Å²) in [6.45, 7) is 3.95. The molecular formula is C10H14O3. The Balaban J connectivity index is 2.76. The summed E-state index contributed by atoms with van der Waals surface area (Å²) >= 11 is 0. The van der Waals surface area contributed by atoms with Crippen molar-refractivity contribution in [3.05, 3.63) is 23.2 Å². The van der Waals surface area contributed by atoms with Crippen molar-refractivity contribution in [2.45, 2.75) is 26.7 Å². The van der Waals surface area contributed by atoms with Crippen LogP contribution < -0.4 is 0 Å². The van der Waals surface area contributed by atoms with E-state index in [0.717, 1.165) is 17.7 Å². The van der Waals surface area contributed by atoms with Gasteiger partial charge in [-0.1, -0.05) is 6.92 Å². The first kappa shape index (κ1) is 9.84. The number of carbonyl (C=O) groups is 1. The van der Waals surface area contributed by atoms with Crippen molar-refractivity contribution in [2.75, 3.05) is 7.11 Å². The maximum Gasteiger partial charge on any atom is 0.313 e. The molecule has 3 nitrogen and oxygen atoms in total. The molecule has 0 amide bonds. The average Bonchev–Trinajstić information content (AvgIpc) is 2.47. The van der Waals surface area contributed by atoms with Gasteiger partial charge in [0.2, 0.25) is 0 Å².